The molecule has 2 aromatic heterocycles. The number of nitrogens with two attached hydrogens (primary N) is 1. The Bertz CT molecular complexity index is 907. The first-order valence-corrected chi connectivity index (χ1v) is 15.6. The summed E-state index contributed by atoms with van der Waals surface area (Å²) < 4.78 is 31.8. The normalized spacial score (nSPS) is 14.1. The Hall–Kier alpha value is -1.52. The van der Waals surface area contributed by atoms with Crippen LogP contribution in [0.1, 0.15) is 41.0 Å². The summed E-state index contributed by atoms with van der Waals surface area (Å²) in [6.45, 7) is 16.1. The molecule has 1 unspecified atom stereocenters. The fraction of sp³-hybridized carbons (Fsp3) is 0.750. The zero-order valence-corrected chi connectivity index (χ0v) is 22.2. The molecule has 1 atom stereocenters. The molecule has 2 N–H and O–H groups in total. The maximum atomic E-state index is 13.0. The zero-order valence-electron chi connectivity index (χ0n) is 20.3. The fourth-order valence-electron chi connectivity index (χ4n) is 2.77. The molecular weight excluding hydrogens is 449 g/mol. The number of anilines is 1. The van der Waals surface area contributed by atoms with Crippen LogP contribution in [0.4, 0.5) is 5.82 Å². The summed E-state index contributed by atoms with van der Waals surface area (Å²) in [7, 11) is -5.12. The van der Waals surface area contributed by atoms with Crippen LogP contribution < -0.4 is 10.6 Å². The van der Waals surface area contributed by atoms with E-state index in [1.54, 1.807) is 0 Å². The molecule has 0 saturated heterocycles. The molecule has 0 radical (unpaired) electrons. The van der Waals surface area contributed by atoms with E-state index >= 15 is 0 Å². The minimum atomic E-state index is -3.16. The average molecular weight is 488 g/mol. The van der Waals surface area contributed by atoms with E-state index in [1.807, 2.05) is 13.8 Å². The van der Waals surface area contributed by atoms with Crippen molar-refractivity contribution in [1.82, 2.24) is 19.7 Å². The number of fused-ring (bicyclic) bond motifs is 1. The monoisotopic (exact) mass is 487 g/mol. The molecule has 2 heterocycles. The highest BCUT2D eigenvalue weighted by molar-refractivity contribution is 7.53. The summed E-state index contributed by atoms with van der Waals surface area (Å²) in [5, 5.41) is 0.0827. The number of nitrogen functional groups attached to an aromatic ring is 1. The second-order valence-electron chi connectivity index (χ2n) is 9.19. The maximum Gasteiger partial charge on any atom is 0.330 e. The van der Waals surface area contributed by atoms with Gasteiger partial charge in [-0.25, -0.2) is 15.0 Å². The lowest BCUT2D eigenvalue weighted by atomic mass is 10.1. The molecule has 0 aromatic carbocycles. The molecule has 0 saturated carbocycles. The molecule has 0 amide bonds. The van der Waals surface area contributed by atoms with Crippen molar-refractivity contribution in [1.29, 1.82) is 0 Å². The van der Waals surface area contributed by atoms with Crippen molar-refractivity contribution in [3.05, 3.63) is 12.7 Å². The van der Waals surface area contributed by atoms with Gasteiger partial charge in [-0.05, 0) is 38.4 Å². The third kappa shape index (κ3) is 6.99. The van der Waals surface area contributed by atoms with Crippen LogP contribution in [0.5, 0.6) is 0 Å². The van der Waals surface area contributed by atoms with E-state index < -0.39 is 15.9 Å². The van der Waals surface area contributed by atoms with E-state index in [1.165, 1.54) is 17.4 Å². The van der Waals surface area contributed by atoms with Crippen LogP contribution in [-0.2, 0) is 18.0 Å². The molecule has 0 aliphatic rings. The van der Waals surface area contributed by atoms with Crippen LogP contribution >= 0.6 is 7.60 Å². The topological polar surface area (TPSA) is 124 Å². The molecule has 10 nitrogen and oxygen atoms in total. The molecule has 0 bridgehead atoms. The van der Waals surface area contributed by atoms with E-state index in [2.05, 4.69) is 48.8 Å². The number of hydrogen-bond acceptors (Lipinski definition) is 9. The standard InChI is InChI=1S/C20H38N5O5PSi/c1-8-28-31(26,29-9-2)11-10-16(13-30-32(6,7)20(3,4)5)12-27-25-15-24-17-18(21)22-14-23-19(17)25/h14-16H,8-13H2,1-7H3,(H2,21,22,23). The van der Waals surface area contributed by atoms with Crippen LogP contribution in [0.25, 0.3) is 11.2 Å². The number of nitrogens with zero attached hydrogens (tertiary/aromatic N) is 4. The van der Waals surface area contributed by atoms with Crippen molar-refractivity contribution in [3.8, 4) is 0 Å². The van der Waals surface area contributed by atoms with E-state index in [9.17, 15) is 4.57 Å². The molecule has 32 heavy (non-hydrogen) atoms. The Kier molecular flexibility index (Phi) is 9.24. The first kappa shape index (κ1) is 26.7. The predicted octanol–water partition coefficient (Wildman–Crippen LogP) is 4.13. The van der Waals surface area contributed by atoms with E-state index in [-0.39, 0.29) is 11.0 Å². The SMILES string of the molecule is CCOP(=O)(CCC(COn1cnc2c(N)ncnc21)CO[Si](C)(C)C(C)(C)C)OCC. The third-order valence-corrected chi connectivity index (χ3v) is 12.3. The molecule has 12 heteroatoms. The van der Waals surface area contributed by atoms with Gasteiger partial charge in [0.25, 0.3) is 0 Å². The van der Waals surface area contributed by atoms with Crippen LogP contribution in [0, 0.1) is 5.92 Å². The molecule has 2 rings (SSSR count). The van der Waals surface area contributed by atoms with Crippen molar-refractivity contribution in [2.45, 2.75) is 59.2 Å². The Morgan fingerprint density at radius 1 is 1.12 bits per heavy atom. The quantitative estimate of drug-likeness (QED) is 0.328. The molecule has 0 fully saturated rings. The highest BCUT2D eigenvalue weighted by atomic mass is 31.2. The van der Waals surface area contributed by atoms with Gasteiger partial charge in [0.05, 0.1) is 19.4 Å². The highest BCUT2D eigenvalue weighted by Crippen LogP contribution is 2.49. The summed E-state index contributed by atoms with van der Waals surface area (Å²) in [6.07, 6.45) is 3.75. The zero-order chi connectivity index (χ0) is 24.0. The molecule has 0 aliphatic heterocycles. The molecule has 0 aliphatic carbocycles. The van der Waals surface area contributed by atoms with Crippen LogP contribution in [0.15, 0.2) is 12.7 Å². The van der Waals surface area contributed by atoms with Crippen molar-refractivity contribution < 1.29 is 22.9 Å². The van der Waals surface area contributed by atoms with E-state index in [0.717, 1.165) is 0 Å². The Morgan fingerprint density at radius 3 is 2.38 bits per heavy atom. The smallest absolute Gasteiger partial charge is 0.330 e. The predicted molar refractivity (Wildman–Crippen MR) is 128 cm³/mol. The Balaban J connectivity index is 2.13. The summed E-state index contributed by atoms with van der Waals surface area (Å²) in [5.74, 6) is 0.263. The third-order valence-electron chi connectivity index (χ3n) is 5.73. The lowest BCUT2D eigenvalue weighted by Gasteiger charge is -2.37. The Morgan fingerprint density at radius 2 is 1.78 bits per heavy atom. The second kappa shape index (κ2) is 11.1. The fourth-order valence-corrected chi connectivity index (χ4v) is 5.66. The number of rotatable bonds is 13. The summed E-state index contributed by atoms with van der Waals surface area (Å²) in [4.78, 5) is 18.4. The van der Waals surface area contributed by atoms with Gasteiger partial charge in [0, 0.05) is 12.5 Å². The van der Waals surface area contributed by atoms with Gasteiger partial charge in [0.15, 0.2) is 19.7 Å². The highest BCUT2D eigenvalue weighted by Gasteiger charge is 2.38. The number of hydrogen-bond donors (Lipinski definition) is 1. The van der Waals surface area contributed by atoms with E-state index in [4.69, 9.17) is 24.0 Å². The average Bonchev–Trinajstić information content (AvgIpc) is 3.11. The number of imidazole rings is 1. The van der Waals surface area contributed by atoms with Gasteiger partial charge in [-0.2, -0.15) is 4.73 Å². The van der Waals surface area contributed by atoms with Crippen LogP contribution in [0.2, 0.25) is 18.1 Å². The van der Waals surface area contributed by atoms with Gasteiger partial charge in [-0.15, -0.1) is 0 Å². The van der Waals surface area contributed by atoms with Crippen LogP contribution in [0.3, 0.4) is 0 Å². The van der Waals surface area contributed by atoms with Gasteiger partial charge in [0.2, 0.25) is 5.65 Å². The summed E-state index contributed by atoms with van der Waals surface area (Å²) in [5.41, 5.74) is 6.84. The van der Waals surface area contributed by atoms with Gasteiger partial charge >= 0.3 is 7.60 Å². The number of aromatic nitrogens is 4. The van der Waals surface area contributed by atoms with Crippen molar-refractivity contribution in [2.24, 2.45) is 5.92 Å². The lowest BCUT2D eigenvalue weighted by Crippen LogP contribution is -2.42. The van der Waals surface area contributed by atoms with Crippen molar-refractivity contribution in [3.63, 3.8) is 0 Å². The van der Waals surface area contributed by atoms with Gasteiger partial charge in [-0.1, -0.05) is 20.8 Å². The Labute approximate surface area is 191 Å². The first-order chi connectivity index (χ1) is 14.9. The minimum absolute atomic E-state index is 0.0324. The van der Waals surface area contributed by atoms with Crippen molar-refractivity contribution >= 4 is 32.9 Å². The second-order valence-corrected chi connectivity index (χ2v) is 16.2. The van der Waals surface area contributed by atoms with E-state index in [0.29, 0.717) is 56.0 Å². The van der Waals surface area contributed by atoms with Gasteiger partial charge in [0.1, 0.15) is 19.3 Å². The van der Waals surface area contributed by atoms with Crippen molar-refractivity contribution in [2.75, 3.05) is 38.3 Å². The maximum absolute atomic E-state index is 13.0. The molecular formula is C20H38N5O5PSi. The largest absolute Gasteiger partial charge is 0.416 e. The summed E-state index contributed by atoms with van der Waals surface area (Å²) in [6, 6.07) is 0. The van der Waals surface area contributed by atoms with Gasteiger partial charge < -0.3 is 24.0 Å². The first-order valence-electron chi connectivity index (χ1n) is 11.0. The van der Waals surface area contributed by atoms with Crippen LogP contribution in [-0.4, -0.2) is 60.6 Å². The summed E-state index contributed by atoms with van der Waals surface area (Å²) >= 11 is 0. The minimum Gasteiger partial charge on any atom is -0.416 e. The lowest BCUT2D eigenvalue weighted by molar-refractivity contribution is 0.0637. The molecule has 2 aromatic rings. The molecule has 0 spiro atoms. The molecule has 182 valence electrons. The van der Waals surface area contributed by atoms with Gasteiger partial charge in [-0.3, -0.25) is 4.57 Å².